The maximum atomic E-state index is 8.36. The van der Waals surface area contributed by atoms with Gasteiger partial charge in [0.15, 0.2) is 0 Å². The summed E-state index contributed by atoms with van der Waals surface area (Å²) < 4.78 is 15.0. The Morgan fingerprint density at radius 2 is 0.857 bits per heavy atom. The Labute approximate surface area is 103 Å². The Hall–Kier alpha value is 0.683. The first kappa shape index (κ1) is 17.1. The maximum absolute atomic E-state index is 8.36. The third-order valence-corrected chi connectivity index (χ3v) is 1.22. The number of hydrogen-bond donors (Lipinski definition) is 2. The number of aliphatic hydroxyl groups excluding tert-OH is 2. The summed E-state index contributed by atoms with van der Waals surface area (Å²) in [6, 6.07) is 0. The van der Waals surface area contributed by atoms with Gasteiger partial charge in [0.1, 0.15) is 0 Å². The third kappa shape index (κ3) is 15.2. The van der Waals surface area contributed by atoms with Crippen LogP contribution in [0.1, 0.15) is 0 Å². The van der Waals surface area contributed by atoms with Crippen molar-refractivity contribution in [2.45, 2.75) is 0 Å². The largest absolute Gasteiger partial charge is 0.394 e. The predicted octanol–water partition coefficient (Wildman–Crippen LogP) is -1.36. The van der Waals surface area contributed by atoms with Gasteiger partial charge in [-0.25, -0.2) is 0 Å². The zero-order valence-corrected chi connectivity index (χ0v) is 11.7. The van der Waals surface area contributed by atoms with Gasteiger partial charge < -0.3 is 24.4 Å². The molecule has 0 spiro atoms. The molecule has 2 N–H and O–H groups in total. The Kier molecular flexibility index (Phi) is 19.7. The molecule has 0 heterocycles. The smallest absolute Gasteiger partial charge is 0.0701 e. The molecule has 3 radical (unpaired) electrons. The van der Waals surface area contributed by atoms with Crippen LogP contribution in [-0.4, -0.2) is 89.3 Å². The molecule has 0 bridgehead atoms. The van der Waals surface area contributed by atoms with Crippen molar-refractivity contribution < 1.29 is 24.4 Å². The van der Waals surface area contributed by atoms with Crippen molar-refractivity contribution >= 4 is 26.2 Å². The number of aliphatic hydroxyl groups is 2. The van der Waals surface area contributed by atoms with Gasteiger partial charge in [0.25, 0.3) is 0 Å². The van der Waals surface area contributed by atoms with Crippen molar-refractivity contribution in [3.8, 4) is 0 Å². The Morgan fingerprint density at radius 3 is 1.14 bits per heavy atom. The van der Waals surface area contributed by atoms with Crippen LogP contribution < -0.4 is 0 Å². The molecule has 5 nitrogen and oxygen atoms in total. The molecule has 0 amide bonds. The molecule has 0 aromatic rings. The molecule has 0 saturated carbocycles. The fraction of sp³-hybridized carbons (Fsp3) is 1.00. The van der Waals surface area contributed by atoms with E-state index in [2.05, 4.69) is 0 Å². The van der Waals surface area contributed by atoms with E-state index >= 15 is 0 Å². The Morgan fingerprint density at radius 1 is 0.571 bits per heavy atom. The van der Waals surface area contributed by atoms with Crippen LogP contribution in [0.2, 0.25) is 0 Å². The Balaban J connectivity index is 0. The van der Waals surface area contributed by atoms with E-state index in [1.54, 1.807) is 0 Å². The molecule has 0 unspecified atom stereocenters. The van der Waals surface area contributed by atoms with Crippen LogP contribution in [0, 0.1) is 0 Å². The average Bonchev–Trinajstić information content (AvgIpc) is 2.16. The second kappa shape index (κ2) is 16.1. The minimum atomic E-state index is 0. The SMILES string of the molecule is OCCOCCOCCOCCO.[Bi]. The predicted molar refractivity (Wildman–Crippen MR) is 52.4 cm³/mol. The first-order valence-corrected chi connectivity index (χ1v) is 4.36. The van der Waals surface area contributed by atoms with Gasteiger partial charge in [-0.3, -0.25) is 0 Å². The molecule has 14 heavy (non-hydrogen) atoms. The molecular weight excluding hydrogens is 385 g/mol. The molecular formula is C8H18BiO5. The van der Waals surface area contributed by atoms with Crippen LogP contribution in [0.25, 0.3) is 0 Å². The topological polar surface area (TPSA) is 68.2 Å². The fourth-order valence-corrected chi connectivity index (χ4v) is 0.671. The maximum Gasteiger partial charge on any atom is 0.0701 e. The fourth-order valence-electron chi connectivity index (χ4n) is 0.671. The summed E-state index contributed by atoms with van der Waals surface area (Å²) in [5.74, 6) is 0. The van der Waals surface area contributed by atoms with E-state index in [0.717, 1.165) is 0 Å². The van der Waals surface area contributed by atoms with Gasteiger partial charge >= 0.3 is 0 Å². The average molecular weight is 403 g/mol. The first-order chi connectivity index (χ1) is 6.41. The van der Waals surface area contributed by atoms with E-state index in [1.807, 2.05) is 0 Å². The van der Waals surface area contributed by atoms with Crippen LogP contribution in [0.4, 0.5) is 0 Å². The summed E-state index contributed by atoms with van der Waals surface area (Å²) in [5, 5.41) is 16.7. The summed E-state index contributed by atoms with van der Waals surface area (Å²) in [6.45, 7) is 2.76. The van der Waals surface area contributed by atoms with Gasteiger partial charge in [0, 0.05) is 26.2 Å². The van der Waals surface area contributed by atoms with Crippen molar-refractivity contribution in [2.75, 3.05) is 52.9 Å². The van der Waals surface area contributed by atoms with Gasteiger partial charge in [-0.05, 0) is 0 Å². The molecule has 0 atom stereocenters. The summed E-state index contributed by atoms with van der Waals surface area (Å²) in [5.41, 5.74) is 0. The summed E-state index contributed by atoms with van der Waals surface area (Å²) in [6.07, 6.45) is 0. The van der Waals surface area contributed by atoms with Gasteiger partial charge in [0.2, 0.25) is 0 Å². The van der Waals surface area contributed by atoms with Crippen molar-refractivity contribution in [1.82, 2.24) is 0 Å². The molecule has 0 aliphatic heterocycles. The first-order valence-electron chi connectivity index (χ1n) is 4.36. The zero-order valence-electron chi connectivity index (χ0n) is 8.22. The molecule has 0 aromatic carbocycles. The number of rotatable bonds is 10. The van der Waals surface area contributed by atoms with Crippen molar-refractivity contribution in [3.05, 3.63) is 0 Å². The van der Waals surface area contributed by atoms with Gasteiger partial charge in [0.05, 0.1) is 52.9 Å². The monoisotopic (exact) mass is 403 g/mol. The standard InChI is InChI=1S/C8H18O5.Bi/c9-1-3-11-5-7-13-8-6-12-4-2-10;/h9-10H,1-8H2;. The van der Waals surface area contributed by atoms with E-state index in [9.17, 15) is 0 Å². The van der Waals surface area contributed by atoms with E-state index in [1.165, 1.54) is 0 Å². The van der Waals surface area contributed by atoms with Crippen LogP contribution in [-0.2, 0) is 14.2 Å². The second-order valence-electron chi connectivity index (χ2n) is 2.28. The summed E-state index contributed by atoms with van der Waals surface area (Å²) in [7, 11) is 0. The number of ether oxygens (including phenoxy) is 3. The van der Waals surface area contributed by atoms with Gasteiger partial charge in [-0.15, -0.1) is 0 Å². The molecule has 0 saturated heterocycles. The molecule has 0 aromatic heterocycles. The third-order valence-electron chi connectivity index (χ3n) is 1.22. The van der Waals surface area contributed by atoms with Crippen LogP contribution in [0.5, 0.6) is 0 Å². The van der Waals surface area contributed by atoms with Crippen molar-refractivity contribution in [2.24, 2.45) is 0 Å². The molecule has 0 aliphatic rings. The quantitative estimate of drug-likeness (QED) is 0.349. The molecule has 85 valence electrons. The van der Waals surface area contributed by atoms with Gasteiger partial charge in [-0.2, -0.15) is 0 Å². The van der Waals surface area contributed by atoms with E-state index in [0.29, 0.717) is 39.6 Å². The van der Waals surface area contributed by atoms with Gasteiger partial charge in [-0.1, -0.05) is 0 Å². The van der Waals surface area contributed by atoms with Crippen LogP contribution >= 0.6 is 0 Å². The van der Waals surface area contributed by atoms with E-state index in [4.69, 9.17) is 24.4 Å². The van der Waals surface area contributed by atoms with Crippen LogP contribution in [0.15, 0.2) is 0 Å². The Bertz CT molecular complexity index is 83.8. The summed E-state index contributed by atoms with van der Waals surface area (Å²) in [4.78, 5) is 0. The van der Waals surface area contributed by atoms with E-state index < -0.39 is 0 Å². The molecule has 6 heteroatoms. The second-order valence-corrected chi connectivity index (χ2v) is 2.28. The molecule has 0 rings (SSSR count). The summed E-state index contributed by atoms with van der Waals surface area (Å²) >= 11 is 0. The zero-order chi connectivity index (χ0) is 9.78. The van der Waals surface area contributed by atoms with Crippen LogP contribution in [0.3, 0.4) is 0 Å². The minimum absolute atomic E-state index is 0. The van der Waals surface area contributed by atoms with Crippen molar-refractivity contribution in [1.29, 1.82) is 0 Å². The molecule has 0 aliphatic carbocycles. The molecule has 0 fully saturated rings. The normalized spacial score (nSPS) is 9.86. The van der Waals surface area contributed by atoms with Crippen molar-refractivity contribution in [3.63, 3.8) is 0 Å². The van der Waals surface area contributed by atoms with E-state index in [-0.39, 0.29) is 39.4 Å². The minimum Gasteiger partial charge on any atom is -0.394 e. The number of hydrogen-bond acceptors (Lipinski definition) is 5.